The van der Waals surface area contributed by atoms with Crippen LogP contribution >= 0.6 is 0 Å². The van der Waals surface area contributed by atoms with Crippen LogP contribution in [0.5, 0.6) is 5.75 Å². The van der Waals surface area contributed by atoms with Crippen molar-refractivity contribution in [3.8, 4) is 28.0 Å². The molecule has 1 aliphatic heterocycles. The predicted octanol–water partition coefficient (Wildman–Crippen LogP) is 6.22. The van der Waals surface area contributed by atoms with E-state index in [2.05, 4.69) is 30.3 Å². The first-order valence-corrected chi connectivity index (χ1v) is 11.9. The van der Waals surface area contributed by atoms with E-state index in [-0.39, 0.29) is 12.2 Å². The Morgan fingerprint density at radius 3 is 1.97 bits per heavy atom. The van der Waals surface area contributed by atoms with E-state index in [1.165, 1.54) is 0 Å². The molecule has 6 aromatic rings. The standard InChI is InChI=1S/C31H21N3O2/c35-29-16-15-22-23(20-9-3-1-4-10-20)17-24(21-11-5-2-6-12-21)31-30(22)34(29)18-27-28(19-36-31)33-26-14-8-7-13-25(26)32-27/h1-17H,18-19H2. The molecule has 5 nitrogen and oxygen atoms in total. The van der Waals surface area contributed by atoms with Crippen LogP contribution in [0.4, 0.5) is 0 Å². The van der Waals surface area contributed by atoms with Gasteiger partial charge in [0.1, 0.15) is 12.3 Å². The fourth-order valence-electron chi connectivity index (χ4n) is 5.05. The largest absolute Gasteiger partial charge is 0.484 e. The molecule has 0 spiro atoms. The monoisotopic (exact) mass is 467 g/mol. The molecule has 0 radical (unpaired) electrons. The SMILES string of the molecule is O=c1ccc2c(-c3ccccc3)cc(-c3ccccc3)c3c2n1Cc1nc2ccccc2nc1CO3. The number of hydrogen-bond donors (Lipinski definition) is 0. The normalized spacial score (nSPS) is 12.6. The lowest BCUT2D eigenvalue weighted by Crippen LogP contribution is -2.24. The van der Waals surface area contributed by atoms with Crippen LogP contribution in [0, 0.1) is 0 Å². The summed E-state index contributed by atoms with van der Waals surface area (Å²) >= 11 is 0. The van der Waals surface area contributed by atoms with E-state index in [0.29, 0.717) is 12.3 Å². The topological polar surface area (TPSA) is 57.0 Å². The van der Waals surface area contributed by atoms with Crippen LogP contribution in [0.3, 0.4) is 0 Å². The Bertz CT molecular complexity index is 1830. The zero-order chi connectivity index (χ0) is 24.1. The summed E-state index contributed by atoms with van der Waals surface area (Å²) in [7, 11) is 0. The summed E-state index contributed by atoms with van der Waals surface area (Å²) in [4.78, 5) is 23.1. The second-order valence-electron chi connectivity index (χ2n) is 8.95. The highest BCUT2D eigenvalue weighted by Gasteiger charge is 2.24. The smallest absolute Gasteiger partial charge is 0.251 e. The van der Waals surface area contributed by atoms with Gasteiger partial charge in [-0.15, -0.1) is 0 Å². The average molecular weight is 468 g/mol. The minimum Gasteiger partial charge on any atom is -0.484 e. The number of para-hydroxylation sites is 2. The van der Waals surface area contributed by atoms with Crippen molar-refractivity contribution in [3.05, 3.63) is 125 Å². The number of ether oxygens (including phenoxy) is 1. The van der Waals surface area contributed by atoms with Gasteiger partial charge in [0.2, 0.25) is 0 Å². The molecule has 7 rings (SSSR count). The molecule has 2 aromatic heterocycles. The second-order valence-corrected chi connectivity index (χ2v) is 8.95. The summed E-state index contributed by atoms with van der Waals surface area (Å²) in [6.07, 6.45) is 0. The number of hydrogen-bond acceptors (Lipinski definition) is 4. The van der Waals surface area contributed by atoms with E-state index >= 15 is 0 Å². The van der Waals surface area contributed by atoms with Gasteiger partial charge in [0, 0.05) is 17.0 Å². The molecule has 0 unspecified atom stereocenters. The maximum absolute atomic E-state index is 13.3. The van der Waals surface area contributed by atoms with Gasteiger partial charge in [0.15, 0.2) is 5.75 Å². The molecular formula is C31H21N3O2. The molecule has 0 amide bonds. The Morgan fingerprint density at radius 2 is 1.28 bits per heavy atom. The molecule has 0 fully saturated rings. The Morgan fingerprint density at radius 1 is 0.667 bits per heavy atom. The second kappa shape index (κ2) is 8.17. The van der Waals surface area contributed by atoms with E-state index in [4.69, 9.17) is 14.7 Å². The van der Waals surface area contributed by atoms with Crippen molar-refractivity contribution < 1.29 is 4.74 Å². The molecular weight excluding hydrogens is 446 g/mol. The lowest BCUT2D eigenvalue weighted by molar-refractivity contribution is 0.300. The summed E-state index contributed by atoms with van der Waals surface area (Å²) in [5.74, 6) is 0.689. The van der Waals surface area contributed by atoms with Gasteiger partial charge in [-0.1, -0.05) is 72.8 Å². The third-order valence-corrected chi connectivity index (χ3v) is 6.78. The van der Waals surface area contributed by atoms with Crippen molar-refractivity contribution in [2.75, 3.05) is 0 Å². The van der Waals surface area contributed by atoms with Crippen LogP contribution in [0.25, 0.3) is 44.2 Å². The lowest BCUT2D eigenvalue weighted by Gasteiger charge is -2.23. The number of nitrogens with zero attached hydrogens (tertiary/aromatic N) is 3. The van der Waals surface area contributed by atoms with Crippen LogP contribution in [-0.4, -0.2) is 14.5 Å². The minimum atomic E-state index is -0.0978. The number of benzene rings is 4. The molecule has 0 bridgehead atoms. The van der Waals surface area contributed by atoms with Crippen molar-refractivity contribution in [2.24, 2.45) is 0 Å². The average Bonchev–Trinajstić information content (AvgIpc) is 2.92. The predicted molar refractivity (Wildman–Crippen MR) is 142 cm³/mol. The van der Waals surface area contributed by atoms with Crippen molar-refractivity contribution >= 4 is 21.9 Å². The Balaban J connectivity index is 1.58. The Hall–Kier alpha value is -4.77. The molecule has 3 heterocycles. The van der Waals surface area contributed by atoms with Gasteiger partial charge in [0.05, 0.1) is 28.8 Å². The number of aromatic nitrogens is 3. The summed E-state index contributed by atoms with van der Waals surface area (Å²) < 4.78 is 8.33. The zero-order valence-corrected chi connectivity index (χ0v) is 19.4. The summed E-state index contributed by atoms with van der Waals surface area (Å²) in [6, 6.07) is 33.9. The molecule has 0 N–H and O–H groups in total. The highest BCUT2D eigenvalue weighted by molar-refractivity contribution is 6.03. The van der Waals surface area contributed by atoms with Crippen molar-refractivity contribution in [3.63, 3.8) is 0 Å². The minimum absolute atomic E-state index is 0.0978. The van der Waals surface area contributed by atoms with Gasteiger partial charge in [-0.05, 0) is 41.0 Å². The van der Waals surface area contributed by atoms with Gasteiger partial charge >= 0.3 is 0 Å². The van der Waals surface area contributed by atoms with Crippen LogP contribution in [0.1, 0.15) is 11.4 Å². The van der Waals surface area contributed by atoms with Gasteiger partial charge < -0.3 is 4.74 Å². The quantitative estimate of drug-likeness (QED) is 0.303. The van der Waals surface area contributed by atoms with Gasteiger partial charge in [-0.2, -0.15) is 0 Å². The van der Waals surface area contributed by atoms with E-state index in [9.17, 15) is 4.79 Å². The molecule has 0 saturated carbocycles. The first-order valence-electron chi connectivity index (χ1n) is 11.9. The van der Waals surface area contributed by atoms with Gasteiger partial charge in [-0.3, -0.25) is 9.36 Å². The van der Waals surface area contributed by atoms with E-state index in [1.54, 1.807) is 10.6 Å². The fourth-order valence-corrected chi connectivity index (χ4v) is 5.05. The molecule has 0 atom stereocenters. The maximum Gasteiger partial charge on any atom is 0.251 e. The third kappa shape index (κ3) is 3.28. The lowest BCUT2D eigenvalue weighted by atomic mass is 9.93. The van der Waals surface area contributed by atoms with Gasteiger partial charge in [-0.25, -0.2) is 9.97 Å². The van der Waals surface area contributed by atoms with Crippen LogP contribution in [-0.2, 0) is 13.2 Å². The number of pyridine rings is 1. The molecule has 1 aliphatic rings. The molecule has 0 saturated heterocycles. The van der Waals surface area contributed by atoms with Crippen LogP contribution in [0.15, 0.2) is 108 Å². The molecule has 5 heteroatoms. The Kier molecular flexibility index (Phi) is 4.67. The molecule has 36 heavy (non-hydrogen) atoms. The Labute approximate surface area is 207 Å². The maximum atomic E-state index is 13.3. The van der Waals surface area contributed by atoms with Crippen molar-refractivity contribution in [1.82, 2.24) is 14.5 Å². The highest BCUT2D eigenvalue weighted by Crippen LogP contribution is 2.43. The summed E-state index contributed by atoms with van der Waals surface area (Å²) in [6.45, 7) is 0.599. The molecule has 4 aromatic carbocycles. The number of fused-ring (bicyclic) bond motifs is 2. The first kappa shape index (κ1) is 20.6. The summed E-state index contributed by atoms with van der Waals surface area (Å²) in [5, 5.41) is 0.965. The molecule has 172 valence electrons. The van der Waals surface area contributed by atoms with E-state index in [1.807, 2.05) is 66.7 Å². The third-order valence-electron chi connectivity index (χ3n) is 6.78. The van der Waals surface area contributed by atoms with E-state index < -0.39 is 0 Å². The van der Waals surface area contributed by atoms with E-state index in [0.717, 1.165) is 55.6 Å². The fraction of sp³-hybridized carbons (Fsp3) is 0.0645. The first-order chi connectivity index (χ1) is 17.8. The van der Waals surface area contributed by atoms with Crippen LogP contribution in [0.2, 0.25) is 0 Å². The summed E-state index contributed by atoms with van der Waals surface area (Å²) in [5.41, 5.74) is 7.90. The van der Waals surface area contributed by atoms with Crippen molar-refractivity contribution in [2.45, 2.75) is 13.2 Å². The van der Waals surface area contributed by atoms with Crippen molar-refractivity contribution in [1.29, 1.82) is 0 Å². The highest BCUT2D eigenvalue weighted by atomic mass is 16.5. The molecule has 0 aliphatic carbocycles. The number of rotatable bonds is 2. The zero-order valence-electron chi connectivity index (χ0n) is 19.4. The van der Waals surface area contributed by atoms with Crippen LogP contribution < -0.4 is 10.3 Å². The van der Waals surface area contributed by atoms with Gasteiger partial charge in [0.25, 0.3) is 5.56 Å².